The Morgan fingerprint density at radius 2 is 2.09 bits per heavy atom. The molecule has 0 spiro atoms. The number of amides is 1. The van der Waals surface area contributed by atoms with E-state index in [1.165, 1.54) is 12.4 Å². The van der Waals surface area contributed by atoms with Gasteiger partial charge in [0.2, 0.25) is 5.91 Å². The predicted molar refractivity (Wildman–Crippen MR) is 124 cm³/mol. The zero-order valence-corrected chi connectivity index (χ0v) is 18.6. The highest BCUT2D eigenvalue weighted by Gasteiger charge is 2.55. The number of ether oxygens (including phenoxy) is 1. The lowest BCUT2D eigenvalue weighted by Gasteiger charge is -2.16. The van der Waals surface area contributed by atoms with Crippen molar-refractivity contribution < 1.29 is 9.53 Å². The first-order chi connectivity index (χ1) is 15.4. The fourth-order valence-electron chi connectivity index (χ4n) is 4.76. The first kappa shape index (κ1) is 20.4. The number of nitrogens with zero attached hydrogens (tertiary/aromatic N) is 4. The summed E-state index contributed by atoms with van der Waals surface area (Å²) in [4.78, 5) is 22.3. The summed E-state index contributed by atoms with van der Waals surface area (Å²) in [6.07, 6.45) is 2.82. The van der Waals surface area contributed by atoms with Crippen molar-refractivity contribution in [2.75, 3.05) is 25.9 Å². The van der Waals surface area contributed by atoms with Gasteiger partial charge in [-0.3, -0.25) is 4.79 Å². The van der Waals surface area contributed by atoms with Crippen molar-refractivity contribution in [3.63, 3.8) is 0 Å². The number of hydrogen-bond donors (Lipinski definition) is 1. The highest BCUT2D eigenvalue weighted by molar-refractivity contribution is 6.31. The maximum Gasteiger partial charge on any atom is 0.245 e. The summed E-state index contributed by atoms with van der Waals surface area (Å²) in [5.41, 5.74) is 9.34. The van der Waals surface area contributed by atoms with E-state index in [1.54, 1.807) is 13.2 Å². The SMILES string of the molecule is C=CC(=O)N1C[C@@H]2[C@@H](C#Cc3c(-c4cc(Cl)ccc4OC)c4c(N)ncnc4n3C)[C@@H]2C1. The van der Waals surface area contributed by atoms with Gasteiger partial charge in [-0.25, -0.2) is 9.97 Å². The number of halogens is 1. The summed E-state index contributed by atoms with van der Waals surface area (Å²) in [6.45, 7) is 5.04. The lowest BCUT2D eigenvalue weighted by atomic mass is 10.0. The molecule has 0 radical (unpaired) electrons. The van der Waals surface area contributed by atoms with Crippen LogP contribution in [-0.4, -0.2) is 45.5 Å². The van der Waals surface area contributed by atoms with Crippen molar-refractivity contribution in [1.82, 2.24) is 19.4 Å². The zero-order valence-electron chi connectivity index (χ0n) is 17.8. The maximum absolute atomic E-state index is 11.9. The summed E-state index contributed by atoms with van der Waals surface area (Å²) in [5, 5.41) is 1.30. The lowest BCUT2D eigenvalue weighted by Crippen LogP contribution is -2.29. The molecule has 162 valence electrons. The second kappa shape index (κ2) is 7.57. The van der Waals surface area contributed by atoms with Gasteiger partial charge in [-0.1, -0.05) is 24.1 Å². The second-order valence-electron chi connectivity index (χ2n) is 8.15. The Morgan fingerprint density at radius 1 is 1.34 bits per heavy atom. The summed E-state index contributed by atoms with van der Waals surface area (Å²) >= 11 is 6.33. The van der Waals surface area contributed by atoms with Gasteiger partial charge in [0.1, 0.15) is 29.2 Å². The summed E-state index contributed by atoms with van der Waals surface area (Å²) in [7, 11) is 3.53. The van der Waals surface area contributed by atoms with Gasteiger partial charge in [-0.15, -0.1) is 0 Å². The van der Waals surface area contributed by atoms with Crippen LogP contribution in [0.4, 0.5) is 5.82 Å². The van der Waals surface area contributed by atoms with Crippen LogP contribution in [0.3, 0.4) is 0 Å². The van der Waals surface area contributed by atoms with E-state index in [2.05, 4.69) is 28.4 Å². The first-order valence-corrected chi connectivity index (χ1v) is 10.7. The second-order valence-corrected chi connectivity index (χ2v) is 8.59. The van der Waals surface area contributed by atoms with E-state index >= 15 is 0 Å². The highest BCUT2D eigenvalue weighted by atomic mass is 35.5. The number of aryl methyl sites for hydroxylation is 1. The van der Waals surface area contributed by atoms with Crippen molar-refractivity contribution in [3.8, 4) is 28.7 Å². The molecule has 1 aromatic carbocycles. The topological polar surface area (TPSA) is 86.3 Å². The van der Waals surface area contributed by atoms with E-state index in [1.807, 2.05) is 28.6 Å². The molecule has 1 aliphatic carbocycles. The third kappa shape index (κ3) is 3.10. The number of nitrogen functional groups attached to an aromatic ring is 1. The number of aromatic nitrogens is 3. The van der Waals surface area contributed by atoms with Gasteiger partial charge in [-0.2, -0.15) is 0 Å². The lowest BCUT2D eigenvalue weighted by molar-refractivity contribution is -0.125. The minimum atomic E-state index is -0.0121. The number of piperidine rings is 1. The number of methoxy groups -OCH3 is 1. The molecule has 5 rings (SSSR count). The average Bonchev–Trinajstić information content (AvgIpc) is 3.11. The van der Waals surface area contributed by atoms with Crippen LogP contribution < -0.4 is 10.5 Å². The van der Waals surface area contributed by atoms with Gasteiger partial charge >= 0.3 is 0 Å². The summed E-state index contributed by atoms with van der Waals surface area (Å²) < 4.78 is 7.54. The Balaban J connectivity index is 1.60. The van der Waals surface area contributed by atoms with E-state index < -0.39 is 0 Å². The molecule has 0 unspecified atom stereocenters. The van der Waals surface area contributed by atoms with Crippen molar-refractivity contribution in [2.24, 2.45) is 24.8 Å². The van der Waals surface area contributed by atoms with Crippen LogP contribution >= 0.6 is 11.6 Å². The molecule has 32 heavy (non-hydrogen) atoms. The van der Waals surface area contributed by atoms with Crippen LogP contribution in [-0.2, 0) is 11.8 Å². The van der Waals surface area contributed by atoms with Gasteiger partial charge in [0.15, 0.2) is 0 Å². The standard InChI is InChI=1S/C24H22ClN5O2/c1-4-20(31)30-10-16-14(17(16)11-30)6-7-18-21(15-9-13(25)5-8-19(15)32-3)22-23(26)27-12-28-24(22)29(18)2/h4-5,8-9,12,14,16-17H,1,10-11H2,2-3H3,(H2,26,27,28)/t14-,16-,17+. The van der Waals surface area contributed by atoms with Crippen LogP contribution in [0.1, 0.15) is 5.69 Å². The van der Waals surface area contributed by atoms with E-state index in [-0.39, 0.29) is 11.8 Å². The maximum atomic E-state index is 11.9. The number of carbonyl (C=O) groups is 1. The third-order valence-electron chi connectivity index (χ3n) is 6.46. The smallest absolute Gasteiger partial charge is 0.245 e. The molecule has 1 amide bonds. The molecular weight excluding hydrogens is 426 g/mol. The normalized spacial score (nSPS) is 21.1. The van der Waals surface area contributed by atoms with Crippen LogP contribution in [0.15, 0.2) is 37.2 Å². The number of benzene rings is 1. The average molecular weight is 448 g/mol. The number of hydrogen-bond acceptors (Lipinski definition) is 5. The fraction of sp³-hybridized carbons (Fsp3) is 0.292. The number of likely N-dealkylation sites (tertiary alicyclic amines) is 1. The van der Waals surface area contributed by atoms with Crippen LogP contribution in [0, 0.1) is 29.6 Å². The molecular formula is C24H22ClN5O2. The molecule has 3 aromatic rings. The first-order valence-electron chi connectivity index (χ1n) is 10.3. The van der Waals surface area contributed by atoms with Crippen molar-refractivity contribution >= 4 is 34.4 Å². The molecule has 0 bridgehead atoms. The summed E-state index contributed by atoms with van der Waals surface area (Å²) in [5.74, 6) is 8.93. The van der Waals surface area contributed by atoms with Crippen LogP contribution in [0.25, 0.3) is 22.2 Å². The molecule has 1 saturated heterocycles. The zero-order chi connectivity index (χ0) is 22.6. The minimum Gasteiger partial charge on any atom is -0.496 e. The van der Waals surface area contributed by atoms with Gasteiger partial charge in [0.25, 0.3) is 0 Å². The fourth-order valence-corrected chi connectivity index (χ4v) is 4.93. The molecule has 2 aliphatic rings. The molecule has 2 aromatic heterocycles. The number of rotatable bonds is 3. The Bertz CT molecular complexity index is 1320. The Kier molecular flexibility index (Phi) is 4.83. The van der Waals surface area contributed by atoms with Crippen molar-refractivity contribution in [2.45, 2.75) is 0 Å². The molecule has 3 heterocycles. The highest BCUT2D eigenvalue weighted by Crippen LogP contribution is 2.51. The monoisotopic (exact) mass is 447 g/mol. The van der Waals surface area contributed by atoms with Gasteiger partial charge in [-0.05, 0) is 42.0 Å². The Morgan fingerprint density at radius 3 is 2.78 bits per heavy atom. The predicted octanol–water partition coefficient (Wildman–Crippen LogP) is 3.12. The molecule has 1 saturated carbocycles. The largest absolute Gasteiger partial charge is 0.496 e. The number of anilines is 1. The van der Waals surface area contributed by atoms with E-state index in [0.29, 0.717) is 34.1 Å². The van der Waals surface area contributed by atoms with E-state index in [9.17, 15) is 4.79 Å². The van der Waals surface area contributed by atoms with E-state index in [0.717, 1.165) is 35.3 Å². The number of nitrogens with two attached hydrogens (primary N) is 1. The molecule has 2 N–H and O–H groups in total. The third-order valence-corrected chi connectivity index (χ3v) is 6.70. The van der Waals surface area contributed by atoms with Gasteiger partial charge < -0.3 is 19.9 Å². The molecule has 8 heteroatoms. The van der Waals surface area contributed by atoms with Crippen LogP contribution in [0.5, 0.6) is 5.75 Å². The van der Waals surface area contributed by atoms with Gasteiger partial charge in [0, 0.05) is 42.2 Å². The molecule has 2 fully saturated rings. The number of fused-ring (bicyclic) bond motifs is 2. The van der Waals surface area contributed by atoms with E-state index in [4.69, 9.17) is 22.1 Å². The van der Waals surface area contributed by atoms with Crippen molar-refractivity contribution in [3.05, 3.63) is 47.9 Å². The van der Waals surface area contributed by atoms with Gasteiger partial charge in [0.05, 0.1) is 12.5 Å². The van der Waals surface area contributed by atoms with Crippen molar-refractivity contribution in [1.29, 1.82) is 0 Å². The molecule has 3 atom stereocenters. The van der Waals surface area contributed by atoms with Crippen LogP contribution in [0.2, 0.25) is 5.02 Å². The Labute approximate surface area is 190 Å². The molecule has 7 nitrogen and oxygen atoms in total. The number of carbonyl (C=O) groups excluding carboxylic acids is 1. The quantitative estimate of drug-likeness (QED) is 0.492. The minimum absolute atomic E-state index is 0.0121. The summed E-state index contributed by atoms with van der Waals surface area (Å²) in [6, 6.07) is 5.45. The Hall–Kier alpha value is -3.50. The molecule has 1 aliphatic heterocycles.